The molecule has 0 saturated carbocycles. The van der Waals surface area contributed by atoms with Crippen molar-refractivity contribution >= 4 is 5.91 Å². The van der Waals surface area contributed by atoms with Gasteiger partial charge < -0.3 is 10.4 Å². The van der Waals surface area contributed by atoms with E-state index in [1.165, 1.54) is 0 Å². The Morgan fingerprint density at radius 1 is 1.41 bits per heavy atom. The van der Waals surface area contributed by atoms with Crippen LogP contribution < -0.4 is 5.32 Å². The van der Waals surface area contributed by atoms with Crippen molar-refractivity contribution in [2.75, 3.05) is 6.61 Å². The van der Waals surface area contributed by atoms with Crippen LogP contribution in [-0.2, 0) is 4.79 Å². The summed E-state index contributed by atoms with van der Waals surface area (Å²) < 4.78 is 0. The van der Waals surface area contributed by atoms with Crippen LogP contribution in [0.25, 0.3) is 0 Å². The lowest BCUT2D eigenvalue weighted by Gasteiger charge is -2.16. The summed E-state index contributed by atoms with van der Waals surface area (Å²) in [6.45, 7) is 3.52. The molecule has 0 fully saturated rings. The third kappa shape index (κ3) is 4.83. The molecule has 92 valence electrons. The molecule has 0 radical (unpaired) electrons. The lowest BCUT2D eigenvalue weighted by molar-refractivity contribution is -0.122. The van der Waals surface area contributed by atoms with E-state index in [1.54, 1.807) is 6.08 Å². The van der Waals surface area contributed by atoms with Crippen molar-refractivity contribution < 1.29 is 9.90 Å². The summed E-state index contributed by atoms with van der Waals surface area (Å²) in [5, 5.41) is 12.1. The SMILES string of the molecule is C=CCCCC(=O)NC(CO)c1ccccc1. The van der Waals surface area contributed by atoms with Crippen LogP contribution in [0.15, 0.2) is 43.0 Å². The molecular weight excluding hydrogens is 214 g/mol. The average molecular weight is 233 g/mol. The van der Waals surface area contributed by atoms with Gasteiger partial charge >= 0.3 is 0 Å². The highest BCUT2D eigenvalue weighted by Gasteiger charge is 2.12. The van der Waals surface area contributed by atoms with Crippen molar-refractivity contribution in [1.82, 2.24) is 5.32 Å². The normalized spacial score (nSPS) is 11.8. The number of amides is 1. The molecule has 0 spiro atoms. The molecule has 1 unspecified atom stereocenters. The predicted octanol–water partition coefficient (Wildman–Crippen LogP) is 2.19. The molecule has 17 heavy (non-hydrogen) atoms. The van der Waals surface area contributed by atoms with E-state index >= 15 is 0 Å². The Labute approximate surface area is 102 Å². The molecule has 1 aromatic rings. The van der Waals surface area contributed by atoms with Crippen molar-refractivity contribution in [3.8, 4) is 0 Å². The summed E-state index contributed by atoms with van der Waals surface area (Å²) in [6, 6.07) is 9.16. The molecule has 1 atom stereocenters. The minimum Gasteiger partial charge on any atom is -0.394 e. The number of nitrogens with one attached hydrogen (secondary N) is 1. The molecule has 3 nitrogen and oxygen atoms in total. The Kier molecular flexibility index (Phi) is 6.04. The Morgan fingerprint density at radius 3 is 2.71 bits per heavy atom. The van der Waals surface area contributed by atoms with Gasteiger partial charge in [-0.2, -0.15) is 0 Å². The minimum atomic E-state index is -0.313. The summed E-state index contributed by atoms with van der Waals surface area (Å²) >= 11 is 0. The van der Waals surface area contributed by atoms with Gasteiger partial charge in [-0.25, -0.2) is 0 Å². The number of carbonyl (C=O) groups excluding carboxylic acids is 1. The molecule has 0 saturated heterocycles. The Balaban J connectivity index is 2.47. The van der Waals surface area contributed by atoms with Gasteiger partial charge in [0.25, 0.3) is 0 Å². The highest BCUT2D eigenvalue weighted by Crippen LogP contribution is 2.12. The van der Waals surface area contributed by atoms with Crippen LogP contribution in [0, 0.1) is 0 Å². The first-order chi connectivity index (χ1) is 8.27. The fourth-order valence-electron chi connectivity index (χ4n) is 1.59. The van der Waals surface area contributed by atoms with Crippen molar-refractivity contribution in [3.63, 3.8) is 0 Å². The van der Waals surface area contributed by atoms with Crippen molar-refractivity contribution in [2.45, 2.75) is 25.3 Å². The van der Waals surface area contributed by atoms with E-state index in [4.69, 9.17) is 0 Å². The monoisotopic (exact) mass is 233 g/mol. The van der Waals surface area contributed by atoms with Gasteiger partial charge in [-0.1, -0.05) is 36.4 Å². The number of hydrogen-bond acceptors (Lipinski definition) is 2. The average Bonchev–Trinajstić information content (AvgIpc) is 2.37. The van der Waals surface area contributed by atoms with E-state index in [0.717, 1.165) is 18.4 Å². The summed E-state index contributed by atoms with van der Waals surface area (Å²) in [6.07, 6.45) is 3.90. The fraction of sp³-hybridized carbons (Fsp3) is 0.357. The summed E-state index contributed by atoms with van der Waals surface area (Å²) in [5.74, 6) is -0.0326. The fourth-order valence-corrected chi connectivity index (χ4v) is 1.59. The zero-order valence-electron chi connectivity index (χ0n) is 9.93. The summed E-state index contributed by atoms with van der Waals surface area (Å²) in [7, 11) is 0. The largest absolute Gasteiger partial charge is 0.394 e. The standard InChI is InChI=1S/C14H19NO2/c1-2-3-5-10-14(17)15-13(11-16)12-8-6-4-7-9-12/h2,4,6-9,13,16H,1,3,5,10-11H2,(H,15,17). The molecule has 1 rings (SSSR count). The van der Waals surface area contributed by atoms with Gasteiger partial charge in [0.2, 0.25) is 5.91 Å². The number of aliphatic hydroxyl groups excluding tert-OH is 1. The van der Waals surface area contributed by atoms with E-state index < -0.39 is 0 Å². The molecular formula is C14H19NO2. The van der Waals surface area contributed by atoms with Crippen LogP contribution in [0.1, 0.15) is 30.9 Å². The van der Waals surface area contributed by atoms with Crippen LogP contribution in [0.2, 0.25) is 0 Å². The van der Waals surface area contributed by atoms with Crippen LogP contribution >= 0.6 is 0 Å². The second-order valence-corrected chi connectivity index (χ2v) is 3.89. The highest BCUT2D eigenvalue weighted by molar-refractivity contribution is 5.76. The molecule has 1 amide bonds. The molecule has 0 heterocycles. The number of hydrogen-bond donors (Lipinski definition) is 2. The van der Waals surface area contributed by atoms with Crippen LogP contribution in [0.4, 0.5) is 0 Å². The van der Waals surface area contributed by atoms with Gasteiger partial charge in [0.1, 0.15) is 0 Å². The van der Waals surface area contributed by atoms with E-state index in [-0.39, 0.29) is 18.6 Å². The maximum absolute atomic E-state index is 11.6. The molecule has 2 N–H and O–H groups in total. The second kappa shape index (κ2) is 7.63. The third-order valence-electron chi connectivity index (χ3n) is 2.53. The van der Waals surface area contributed by atoms with E-state index in [9.17, 15) is 9.90 Å². The molecule has 0 aliphatic carbocycles. The molecule has 0 aromatic heterocycles. The van der Waals surface area contributed by atoms with Crippen LogP contribution in [-0.4, -0.2) is 17.6 Å². The van der Waals surface area contributed by atoms with E-state index in [1.807, 2.05) is 30.3 Å². The zero-order valence-corrected chi connectivity index (χ0v) is 9.93. The Hall–Kier alpha value is -1.61. The lowest BCUT2D eigenvalue weighted by Crippen LogP contribution is -2.30. The number of rotatable bonds is 7. The van der Waals surface area contributed by atoms with Crippen molar-refractivity contribution in [3.05, 3.63) is 48.6 Å². The first-order valence-electron chi connectivity index (χ1n) is 5.84. The van der Waals surface area contributed by atoms with Crippen LogP contribution in [0.3, 0.4) is 0 Å². The third-order valence-corrected chi connectivity index (χ3v) is 2.53. The van der Waals surface area contributed by atoms with Crippen LogP contribution in [0.5, 0.6) is 0 Å². The molecule has 0 aliphatic rings. The quantitative estimate of drug-likeness (QED) is 0.560. The first-order valence-corrected chi connectivity index (χ1v) is 5.84. The Bertz CT molecular complexity index is 348. The number of benzene rings is 1. The number of aliphatic hydroxyl groups is 1. The number of unbranched alkanes of at least 4 members (excludes halogenated alkanes) is 1. The summed E-state index contributed by atoms with van der Waals surface area (Å²) in [4.78, 5) is 11.6. The molecule has 1 aromatic carbocycles. The van der Waals surface area contributed by atoms with Gasteiger partial charge in [-0.15, -0.1) is 6.58 Å². The zero-order chi connectivity index (χ0) is 12.5. The maximum Gasteiger partial charge on any atom is 0.220 e. The van der Waals surface area contributed by atoms with Crippen molar-refractivity contribution in [1.29, 1.82) is 0 Å². The second-order valence-electron chi connectivity index (χ2n) is 3.89. The topological polar surface area (TPSA) is 49.3 Å². The number of carbonyl (C=O) groups is 1. The molecule has 0 bridgehead atoms. The van der Waals surface area contributed by atoms with E-state index in [2.05, 4.69) is 11.9 Å². The number of allylic oxidation sites excluding steroid dienone is 1. The smallest absolute Gasteiger partial charge is 0.220 e. The molecule has 0 aliphatic heterocycles. The first kappa shape index (κ1) is 13.5. The molecule has 3 heteroatoms. The van der Waals surface area contributed by atoms with Gasteiger partial charge in [0.15, 0.2) is 0 Å². The lowest BCUT2D eigenvalue weighted by atomic mass is 10.1. The summed E-state index contributed by atoms with van der Waals surface area (Å²) in [5.41, 5.74) is 0.923. The van der Waals surface area contributed by atoms with Gasteiger partial charge in [-0.05, 0) is 18.4 Å². The van der Waals surface area contributed by atoms with Gasteiger partial charge in [-0.3, -0.25) is 4.79 Å². The predicted molar refractivity (Wildman–Crippen MR) is 68.5 cm³/mol. The highest BCUT2D eigenvalue weighted by atomic mass is 16.3. The van der Waals surface area contributed by atoms with Crippen molar-refractivity contribution in [2.24, 2.45) is 0 Å². The minimum absolute atomic E-state index is 0.0326. The van der Waals surface area contributed by atoms with E-state index in [0.29, 0.717) is 6.42 Å². The van der Waals surface area contributed by atoms with Gasteiger partial charge in [0, 0.05) is 6.42 Å². The van der Waals surface area contributed by atoms with Gasteiger partial charge in [0.05, 0.1) is 12.6 Å². The Morgan fingerprint density at radius 2 is 2.12 bits per heavy atom. The maximum atomic E-state index is 11.6.